The Bertz CT molecular complexity index is 1250. The van der Waals surface area contributed by atoms with Gasteiger partial charge in [-0.1, -0.05) is 30.3 Å². The number of nitrogens with zero attached hydrogens (tertiary/aromatic N) is 2. The molecule has 3 amide bonds. The second-order valence-electron chi connectivity index (χ2n) is 11.3. The summed E-state index contributed by atoms with van der Waals surface area (Å²) in [6, 6.07) is 16.1. The summed E-state index contributed by atoms with van der Waals surface area (Å²) in [4.78, 5) is 45.6. The van der Waals surface area contributed by atoms with Gasteiger partial charge in [-0.2, -0.15) is 0 Å². The fourth-order valence-electron chi connectivity index (χ4n) is 7.31. The fraction of sp³-hybridized carbons (Fsp3) is 0.516. The average molecular weight is 565 g/mol. The lowest BCUT2D eigenvalue weighted by Gasteiger charge is -2.37. The minimum atomic E-state index is -0.810. The summed E-state index contributed by atoms with van der Waals surface area (Å²) in [7, 11) is 1.60. The summed E-state index contributed by atoms with van der Waals surface area (Å²) in [5.41, 5.74) is 2.71. The molecule has 214 valence electrons. The number of rotatable bonds is 10. The molecule has 0 aromatic heterocycles. The topological polar surface area (TPSA) is 102 Å². The van der Waals surface area contributed by atoms with Crippen LogP contribution in [0.2, 0.25) is 0 Å². The molecule has 3 heterocycles. The van der Waals surface area contributed by atoms with Crippen molar-refractivity contribution in [1.82, 2.24) is 10.2 Å². The first-order chi connectivity index (χ1) is 19.2. The Labute approximate surface area is 240 Å². The van der Waals surface area contributed by atoms with Gasteiger partial charge >= 0.3 is 0 Å². The van der Waals surface area contributed by atoms with E-state index in [1.54, 1.807) is 23.7 Å². The Morgan fingerprint density at radius 3 is 2.35 bits per heavy atom. The van der Waals surface area contributed by atoms with Crippen molar-refractivity contribution >= 4 is 40.9 Å². The molecule has 2 aromatic rings. The molecule has 2 unspecified atom stereocenters. The second kappa shape index (κ2) is 11.1. The number of carbonyl (C=O) groups excluding carboxylic acids is 3. The van der Waals surface area contributed by atoms with Crippen LogP contribution in [0.3, 0.4) is 0 Å². The molecule has 3 saturated heterocycles. The van der Waals surface area contributed by atoms with Crippen molar-refractivity contribution < 1.29 is 19.5 Å². The number of hydrogen-bond acceptors (Lipinski definition) is 6. The van der Waals surface area contributed by atoms with Gasteiger partial charge in [-0.05, 0) is 69.9 Å². The lowest BCUT2D eigenvalue weighted by molar-refractivity contribution is -0.142. The number of hydrogen-bond donors (Lipinski definition) is 3. The lowest BCUT2D eigenvalue weighted by atomic mass is 9.66. The first kappa shape index (κ1) is 28.5. The third-order valence-electron chi connectivity index (χ3n) is 9.17. The first-order valence-electron chi connectivity index (χ1n) is 14.3. The Hall–Kier alpha value is -3.04. The predicted octanol–water partition coefficient (Wildman–Crippen LogP) is 3.30. The molecule has 0 saturated carbocycles. The standard InChI is InChI=1S/C31H40N4O4S/c1-5-34(6-2)22-14-12-21(13-15-22)33-28(38)26-31-17-16-30(3,40-31)24(27(37)32-4)25(31)29(39)35(26)23(19-36)18-20-10-8-7-9-11-20/h7-15,23-26,36H,5-6,16-19H2,1-4H3,(H,32,37)(H,33,38)/t23-,24-,25+,26?,30+,31?/m1/s1. The molecule has 2 aromatic carbocycles. The van der Waals surface area contributed by atoms with Gasteiger partial charge in [-0.25, -0.2) is 0 Å². The smallest absolute Gasteiger partial charge is 0.248 e. The number of carbonyl (C=O) groups is 3. The summed E-state index contributed by atoms with van der Waals surface area (Å²) < 4.78 is -1.16. The van der Waals surface area contributed by atoms with E-state index >= 15 is 0 Å². The zero-order valence-corrected chi connectivity index (χ0v) is 24.5. The Morgan fingerprint density at radius 2 is 1.75 bits per heavy atom. The molecule has 3 N–H and O–H groups in total. The minimum absolute atomic E-state index is 0.161. The zero-order chi connectivity index (χ0) is 28.7. The van der Waals surface area contributed by atoms with Gasteiger partial charge in [0.15, 0.2) is 0 Å². The zero-order valence-electron chi connectivity index (χ0n) is 23.7. The van der Waals surface area contributed by atoms with Crippen LogP contribution in [0, 0.1) is 11.8 Å². The number of aliphatic hydroxyl groups excluding tert-OH is 1. The monoisotopic (exact) mass is 564 g/mol. The van der Waals surface area contributed by atoms with E-state index in [1.807, 2.05) is 54.6 Å². The van der Waals surface area contributed by atoms with E-state index in [2.05, 4.69) is 36.3 Å². The first-order valence-corrected chi connectivity index (χ1v) is 15.1. The van der Waals surface area contributed by atoms with E-state index in [1.165, 1.54) is 0 Å². The SMILES string of the molecule is CCN(CC)c1ccc(NC(=O)C2N([C@@H](CO)Cc3ccccc3)C(=O)[C@@H]3[C@H](C(=O)NC)[C@]4(C)CCC23S4)cc1. The highest BCUT2D eigenvalue weighted by atomic mass is 32.2. The number of amides is 3. The molecule has 40 heavy (non-hydrogen) atoms. The molecule has 2 bridgehead atoms. The van der Waals surface area contributed by atoms with E-state index in [0.29, 0.717) is 18.5 Å². The van der Waals surface area contributed by atoms with E-state index in [0.717, 1.165) is 30.8 Å². The number of anilines is 2. The van der Waals surface area contributed by atoms with Gasteiger partial charge in [0, 0.05) is 36.3 Å². The maximum Gasteiger partial charge on any atom is 0.248 e. The van der Waals surface area contributed by atoms with Crippen LogP contribution >= 0.6 is 11.8 Å². The van der Waals surface area contributed by atoms with Crippen molar-refractivity contribution in [3.8, 4) is 0 Å². The van der Waals surface area contributed by atoms with Crippen LogP contribution in [-0.4, -0.2) is 76.0 Å². The number of likely N-dealkylation sites (tertiary alicyclic amines) is 1. The summed E-state index contributed by atoms with van der Waals surface area (Å²) in [6.07, 6.45) is 1.83. The number of fused-ring (bicyclic) bond motifs is 1. The van der Waals surface area contributed by atoms with Crippen LogP contribution in [0.15, 0.2) is 54.6 Å². The third kappa shape index (κ3) is 4.57. The number of benzene rings is 2. The maximum atomic E-state index is 14.3. The van der Waals surface area contributed by atoms with Crippen LogP contribution in [0.4, 0.5) is 11.4 Å². The number of aliphatic hydroxyl groups is 1. The average Bonchev–Trinajstić information content (AvgIpc) is 3.54. The van der Waals surface area contributed by atoms with Gasteiger partial charge in [0.1, 0.15) is 6.04 Å². The van der Waals surface area contributed by atoms with E-state index in [9.17, 15) is 19.5 Å². The van der Waals surface area contributed by atoms with E-state index < -0.39 is 33.4 Å². The quantitative estimate of drug-likeness (QED) is 0.409. The van der Waals surface area contributed by atoms with Crippen molar-refractivity contribution in [1.29, 1.82) is 0 Å². The highest BCUT2D eigenvalue weighted by Crippen LogP contribution is 2.71. The highest BCUT2D eigenvalue weighted by Gasteiger charge is 2.77. The Balaban J connectivity index is 1.52. The number of thioether (sulfide) groups is 1. The van der Waals surface area contributed by atoms with Gasteiger partial charge in [0.2, 0.25) is 17.7 Å². The molecule has 3 aliphatic heterocycles. The molecule has 0 aliphatic carbocycles. The molecule has 9 heteroatoms. The molecule has 5 rings (SSSR count). The van der Waals surface area contributed by atoms with Crippen molar-refractivity contribution in [2.45, 2.75) is 61.6 Å². The van der Waals surface area contributed by atoms with Crippen molar-refractivity contribution in [3.05, 3.63) is 60.2 Å². The van der Waals surface area contributed by atoms with Crippen molar-refractivity contribution in [3.63, 3.8) is 0 Å². The molecule has 6 atom stereocenters. The molecule has 3 aliphatic rings. The second-order valence-corrected chi connectivity index (χ2v) is 13.2. The molecule has 3 fully saturated rings. The molecular formula is C31H40N4O4S. The van der Waals surface area contributed by atoms with Gasteiger partial charge in [0.25, 0.3) is 0 Å². The van der Waals surface area contributed by atoms with Gasteiger partial charge in [0.05, 0.1) is 29.2 Å². The van der Waals surface area contributed by atoms with Crippen LogP contribution in [0.1, 0.15) is 39.2 Å². The van der Waals surface area contributed by atoms with Crippen LogP contribution in [-0.2, 0) is 20.8 Å². The van der Waals surface area contributed by atoms with Crippen molar-refractivity contribution in [2.75, 3.05) is 37.0 Å². The van der Waals surface area contributed by atoms with Crippen LogP contribution in [0.25, 0.3) is 0 Å². The lowest BCUT2D eigenvalue weighted by Crippen LogP contribution is -2.55. The van der Waals surface area contributed by atoms with E-state index in [4.69, 9.17) is 0 Å². The summed E-state index contributed by atoms with van der Waals surface area (Å²) >= 11 is 1.63. The van der Waals surface area contributed by atoms with Gasteiger partial charge in [-0.3, -0.25) is 14.4 Å². The predicted molar refractivity (Wildman–Crippen MR) is 159 cm³/mol. The highest BCUT2D eigenvalue weighted by molar-refractivity contribution is 8.02. The van der Waals surface area contributed by atoms with Crippen LogP contribution in [0.5, 0.6) is 0 Å². The molecule has 8 nitrogen and oxygen atoms in total. The molecule has 0 radical (unpaired) electrons. The summed E-state index contributed by atoms with van der Waals surface area (Å²) in [5, 5.41) is 16.4. The Kier molecular flexibility index (Phi) is 7.90. The van der Waals surface area contributed by atoms with Gasteiger partial charge < -0.3 is 25.5 Å². The van der Waals surface area contributed by atoms with Crippen LogP contribution < -0.4 is 15.5 Å². The van der Waals surface area contributed by atoms with Gasteiger partial charge in [-0.15, -0.1) is 11.8 Å². The Morgan fingerprint density at radius 1 is 1.07 bits per heavy atom. The molecule has 1 spiro atoms. The summed E-state index contributed by atoms with van der Waals surface area (Å²) in [6.45, 7) is 7.76. The normalized spacial score (nSPS) is 29.3. The van der Waals surface area contributed by atoms with Crippen molar-refractivity contribution in [2.24, 2.45) is 11.8 Å². The number of nitrogens with one attached hydrogen (secondary N) is 2. The minimum Gasteiger partial charge on any atom is -0.394 e. The molecular weight excluding hydrogens is 524 g/mol. The fourth-order valence-corrected chi connectivity index (χ4v) is 9.65. The largest absolute Gasteiger partial charge is 0.394 e. The third-order valence-corrected chi connectivity index (χ3v) is 11.2. The van der Waals surface area contributed by atoms with E-state index in [-0.39, 0.29) is 24.3 Å². The maximum absolute atomic E-state index is 14.3. The summed E-state index contributed by atoms with van der Waals surface area (Å²) in [5.74, 6) is -1.80.